The second-order valence-electron chi connectivity index (χ2n) is 7.07. The Hall–Kier alpha value is -2.60. The van der Waals surface area contributed by atoms with Crippen LogP contribution in [-0.2, 0) is 4.79 Å². The summed E-state index contributed by atoms with van der Waals surface area (Å²) in [5, 5.41) is 1.14. The third kappa shape index (κ3) is 3.69. The van der Waals surface area contributed by atoms with Crippen molar-refractivity contribution in [3.63, 3.8) is 0 Å². The van der Waals surface area contributed by atoms with Crippen molar-refractivity contribution < 1.29 is 4.79 Å². The molecule has 1 aromatic heterocycles. The molecule has 0 unspecified atom stereocenters. The molecule has 1 saturated heterocycles. The number of benzene rings is 2. The molecule has 1 amide bonds. The van der Waals surface area contributed by atoms with Gasteiger partial charge >= 0.3 is 0 Å². The van der Waals surface area contributed by atoms with Gasteiger partial charge in [-0.25, -0.2) is 4.98 Å². The van der Waals surface area contributed by atoms with E-state index in [0.717, 1.165) is 37.2 Å². The Morgan fingerprint density at radius 2 is 1.75 bits per heavy atom. The summed E-state index contributed by atoms with van der Waals surface area (Å²) in [6, 6.07) is 15.1. The summed E-state index contributed by atoms with van der Waals surface area (Å²) in [4.78, 5) is 32.5. The minimum absolute atomic E-state index is 0.104. The van der Waals surface area contributed by atoms with Crippen LogP contribution in [-0.4, -0.2) is 39.2 Å². The third-order valence-corrected chi connectivity index (χ3v) is 6.06. The van der Waals surface area contributed by atoms with Crippen LogP contribution in [0.15, 0.2) is 58.5 Å². The molecule has 0 aliphatic carbocycles. The second kappa shape index (κ2) is 8.19. The van der Waals surface area contributed by atoms with Crippen molar-refractivity contribution >= 4 is 28.6 Å². The van der Waals surface area contributed by atoms with E-state index in [1.54, 1.807) is 10.6 Å². The van der Waals surface area contributed by atoms with Crippen LogP contribution in [0.25, 0.3) is 16.6 Å². The molecule has 6 heteroatoms. The predicted molar refractivity (Wildman–Crippen MR) is 113 cm³/mol. The number of piperidine rings is 1. The van der Waals surface area contributed by atoms with E-state index in [1.807, 2.05) is 54.3 Å². The smallest absolute Gasteiger partial charge is 0.266 e. The van der Waals surface area contributed by atoms with Crippen molar-refractivity contribution in [1.29, 1.82) is 0 Å². The third-order valence-electron chi connectivity index (χ3n) is 5.13. The Labute approximate surface area is 168 Å². The number of aromatic nitrogens is 2. The molecule has 2 heterocycles. The summed E-state index contributed by atoms with van der Waals surface area (Å²) >= 11 is 1.34. The Bertz CT molecular complexity index is 1070. The molecule has 28 heavy (non-hydrogen) atoms. The van der Waals surface area contributed by atoms with Crippen LogP contribution in [0.1, 0.15) is 24.8 Å². The Kier molecular flexibility index (Phi) is 5.48. The number of para-hydroxylation sites is 2. The van der Waals surface area contributed by atoms with E-state index in [2.05, 4.69) is 0 Å². The Balaban J connectivity index is 1.74. The minimum Gasteiger partial charge on any atom is -0.342 e. The van der Waals surface area contributed by atoms with Crippen molar-refractivity contribution in [3.8, 4) is 5.69 Å². The van der Waals surface area contributed by atoms with Gasteiger partial charge in [-0.05, 0) is 49.9 Å². The molecule has 4 rings (SSSR count). The summed E-state index contributed by atoms with van der Waals surface area (Å²) in [5.41, 5.74) is 2.35. The van der Waals surface area contributed by atoms with Crippen molar-refractivity contribution in [1.82, 2.24) is 14.5 Å². The van der Waals surface area contributed by atoms with Gasteiger partial charge in [0.25, 0.3) is 5.56 Å². The minimum atomic E-state index is -0.104. The highest BCUT2D eigenvalue weighted by molar-refractivity contribution is 7.99. The van der Waals surface area contributed by atoms with Crippen LogP contribution in [0.5, 0.6) is 0 Å². The molecule has 3 aromatic rings. The fourth-order valence-electron chi connectivity index (χ4n) is 3.60. The van der Waals surface area contributed by atoms with Crippen LogP contribution < -0.4 is 5.56 Å². The van der Waals surface area contributed by atoms with Gasteiger partial charge in [-0.2, -0.15) is 0 Å². The van der Waals surface area contributed by atoms with Gasteiger partial charge in [0.15, 0.2) is 5.16 Å². The predicted octanol–water partition coefficient (Wildman–Crippen LogP) is 3.80. The maximum Gasteiger partial charge on any atom is 0.266 e. The van der Waals surface area contributed by atoms with Gasteiger partial charge in [0, 0.05) is 13.1 Å². The molecule has 2 aromatic carbocycles. The van der Waals surface area contributed by atoms with Crippen LogP contribution in [0, 0.1) is 6.92 Å². The topological polar surface area (TPSA) is 55.2 Å². The molecule has 0 spiro atoms. The van der Waals surface area contributed by atoms with Gasteiger partial charge in [0.05, 0.1) is 22.3 Å². The number of thioether (sulfide) groups is 1. The number of carbonyl (C=O) groups is 1. The number of likely N-dealkylation sites (tertiary alicyclic amines) is 1. The summed E-state index contributed by atoms with van der Waals surface area (Å²) in [5.74, 6) is 0.403. The molecule has 1 aliphatic rings. The van der Waals surface area contributed by atoms with Crippen molar-refractivity contribution in [3.05, 3.63) is 64.4 Å². The van der Waals surface area contributed by atoms with Crippen molar-refractivity contribution in [2.45, 2.75) is 31.3 Å². The highest BCUT2D eigenvalue weighted by Gasteiger charge is 2.19. The number of amides is 1. The van der Waals surface area contributed by atoms with Gasteiger partial charge in [0.1, 0.15) is 0 Å². The van der Waals surface area contributed by atoms with E-state index in [4.69, 9.17) is 4.98 Å². The fourth-order valence-corrected chi connectivity index (χ4v) is 4.51. The van der Waals surface area contributed by atoms with E-state index >= 15 is 0 Å². The zero-order chi connectivity index (χ0) is 19.5. The Morgan fingerprint density at radius 1 is 1.04 bits per heavy atom. The summed E-state index contributed by atoms with van der Waals surface area (Å²) in [6.07, 6.45) is 3.33. The highest BCUT2D eigenvalue weighted by Crippen LogP contribution is 2.23. The molecule has 0 saturated carbocycles. The molecule has 5 nitrogen and oxygen atoms in total. The monoisotopic (exact) mass is 393 g/mol. The average Bonchev–Trinajstić information content (AvgIpc) is 2.73. The maximum atomic E-state index is 13.3. The van der Waals surface area contributed by atoms with Crippen molar-refractivity contribution in [2.24, 2.45) is 0 Å². The van der Waals surface area contributed by atoms with Gasteiger partial charge in [-0.3, -0.25) is 14.2 Å². The largest absolute Gasteiger partial charge is 0.342 e. The van der Waals surface area contributed by atoms with Crippen LogP contribution in [0.3, 0.4) is 0 Å². The molecule has 144 valence electrons. The van der Waals surface area contributed by atoms with Gasteiger partial charge in [-0.15, -0.1) is 0 Å². The molecular weight excluding hydrogens is 370 g/mol. The number of rotatable bonds is 4. The summed E-state index contributed by atoms with van der Waals surface area (Å²) in [7, 11) is 0. The second-order valence-corrected chi connectivity index (χ2v) is 8.01. The first-order valence-corrected chi connectivity index (χ1v) is 10.6. The van der Waals surface area contributed by atoms with Crippen LogP contribution >= 0.6 is 11.8 Å². The quantitative estimate of drug-likeness (QED) is 0.500. The van der Waals surface area contributed by atoms with Crippen LogP contribution in [0.2, 0.25) is 0 Å². The molecule has 1 aliphatic heterocycles. The average molecular weight is 394 g/mol. The lowest BCUT2D eigenvalue weighted by Crippen LogP contribution is -2.36. The van der Waals surface area contributed by atoms with E-state index < -0.39 is 0 Å². The molecule has 1 fully saturated rings. The summed E-state index contributed by atoms with van der Waals surface area (Å²) in [6.45, 7) is 3.63. The summed E-state index contributed by atoms with van der Waals surface area (Å²) < 4.78 is 1.64. The molecule has 0 bridgehead atoms. The number of carbonyl (C=O) groups excluding carboxylic acids is 1. The number of fused-ring (bicyclic) bond motifs is 1. The first kappa shape index (κ1) is 18.7. The van der Waals surface area contributed by atoms with Crippen molar-refractivity contribution in [2.75, 3.05) is 18.8 Å². The van der Waals surface area contributed by atoms with E-state index in [1.165, 1.54) is 18.2 Å². The van der Waals surface area contributed by atoms with E-state index in [9.17, 15) is 9.59 Å². The zero-order valence-corrected chi connectivity index (χ0v) is 16.7. The lowest BCUT2D eigenvalue weighted by molar-refractivity contribution is -0.129. The SMILES string of the molecule is Cc1ccccc1-n1c(SCC(=O)N2CCCCC2)nc2ccccc2c1=O. The Morgan fingerprint density at radius 3 is 2.54 bits per heavy atom. The standard InChI is InChI=1S/C22H23N3O2S/c1-16-9-3-6-12-19(16)25-21(27)17-10-4-5-11-18(17)23-22(25)28-15-20(26)24-13-7-2-8-14-24/h3-6,9-12H,2,7-8,13-15H2,1H3. The highest BCUT2D eigenvalue weighted by atomic mass is 32.2. The number of hydrogen-bond acceptors (Lipinski definition) is 4. The van der Waals surface area contributed by atoms with Gasteiger partial charge < -0.3 is 4.90 Å². The lowest BCUT2D eigenvalue weighted by Gasteiger charge is -2.26. The zero-order valence-electron chi connectivity index (χ0n) is 15.9. The van der Waals surface area contributed by atoms with Crippen LogP contribution in [0.4, 0.5) is 0 Å². The lowest BCUT2D eigenvalue weighted by atomic mass is 10.1. The molecule has 0 radical (unpaired) electrons. The molecule has 0 atom stereocenters. The number of nitrogens with zero attached hydrogens (tertiary/aromatic N) is 3. The maximum absolute atomic E-state index is 13.3. The normalized spacial score (nSPS) is 14.4. The fraction of sp³-hybridized carbons (Fsp3) is 0.318. The first-order chi connectivity index (χ1) is 13.6. The van der Waals surface area contributed by atoms with Gasteiger partial charge in [-0.1, -0.05) is 42.1 Å². The molecular formula is C22H23N3O2S. The van der Waals surface area contributed by atoms with Gasteiger partial charge in [0.2, 0.25) is 5.91 Å². The number of hydrogen-bond donors (Lipinski definition) is 0. The first-order valence-electron chi connectivity index (χ1n) is 9.63. The van der Waals surface area contributed by atoms with E-state index in [-0.39, 0.29) is 17.2 Å². The molecule has 0 N–H and O–H groups in total. The number of aryl methyl sites for hydroxylation is 1. The van der Waals surface area contributed by atoms with E-state index in [0.29, 0.717) is 16.1 Å².